The van der Waals surface area contributed by atoms with Gasteiger partial charge in [0, 0.05) is 12.6 Å². The summed E-state index contributed by atoms with van der Waals surface area (Å²) in [6.07, 6.45) is 0. The highest BCUT2D eigenvalue weighted by Crippen LogP contribution is 2.22. The van der Waals surface area contributed by atoms with E-state index >= 15 is 0 Å². The van der Waals surface area contributed by atoms with Crippen molar-refractivity contribution in [1.82, 2.24) is 4.90 Å². The van der Waals surface area contributed by atoms with Crippen LogP contribution in [-0.2, 0) is 10.0 Å². The van der Waals surface area contributed by atoms with Crippen molar-refractivity contribution in [3.8, 4) is 12.1 Å². The SMILES string of the molecule is CN(c1ccccc1)S(=O)(=O)c1ccc(C(=O)N(CC#N)CC#N)cc1. The molecule has 0 spiro atoms. The van der Waals surface area contributed by atoms with Crippen LogP contribution in [0.4, 0.5) is 5.69 Å². The van der Waals surface area contributed by atoms with Crippen molar-refractivity contribution < 1.29 is 13.2 Å². The van der Waals surface area contributed by atoms with Crippen LogP contribution in [0.5, 0.6) is 0 Å². The maximum Gasteiger partial charge on any atom is 0.264 e. The van der Waals surface area contributed by atoms with Crippen LogP contribution in [0.25, 0.3) is 0 Å². The summed E-state index contributed by atoms with van der Waals surface area (Å²) in [7, 11) is -2.32. The van der Waals surface area contributed by atoms with Crippen molar-refractivity contribution in [2.24, 2.45) is 0 Å². The Labute approximate surface area is 152 Å². The number of anilines is 1. The van der Waals surface area contributed by atoms with Gasteiger partial charge in [0.15, 0.2) is 0 Å². The molecule has 2 aromatic rings. The zero-order valence-corrected chi connectivity index (χ0v) is 14.8. The average molecular weight is 368 g/mol. The summed E-state index contributed by atoms with van der Waals surface area (Å²) in [6, 6.07) is 17.7. The highest BCUT2D eigenvalue weighted by atomic mass is 32.2. The predicted molar refractivity (Wildman–Crippen MR) is 95.6 cm³/mol. The van der Waals surface area contributed by atoms with Gasteiger partial charge in [0.05, 0.1) is 22.7 Å². The Bertz CT molecular complexity index is 942. The summed E-state index contributed by atoms with van der Waals surface area (Å²) < 4.78 is 26.5. The zero-order chi connectivity index (χ0) is 19.2. The first-order chi connectivity index (χ1) is 12.4. The molecular weight excluding hydrogens is 352 g/mol. The number of nitrogens with zero attached hydrogens (tertiary/aromatic N) is 4. The van der Waals surface area contributed by atoms with Gasteiger partial charge in [0.25, 0.3) is 15.9 Å². The number of carbonyl (C=O) groups excluding carboxylic acids is 1. The Balaban J connectivity index is 2.27. The minimum atomic E-state index is -3.77. The quantitative estimate of drug-likeness (QED) is 0.725. The second kappa shape index (κ2) is 8.15. The first-order valence-electron chi connectivity index (χ1n) is 7.59. The van der Waals surface area contributed by atoms with E-state index in [2.05, 4.69) is 0 Å². The molecule has 0 radical (unpaired) electrons. The van der Waals surface area contributed by atoms with E-state index in [1.165, 1.54) is 31.3 Å². The van der Waals surface area contributed by atoms with Gasteiger partial charge >= 0.3 is 0 Å². The monoisotopic (exact) mass is 368 g/mol. The number of rotatable bonds is 6. The normalized spacial score (nSPS) is 10.4. The van der Waals surface area contributed by atoms with Gasteiger partial charge in [-0.05, 0) is 36.4 Å². The van der Waals surface area contributed by atoms with Crippen LogP contribution < -0.4 is 4.31 Å². The number of hydrogen-bond donors (Lipinski definition) is 0. The Hall–Kier alpha value is -3.36. The first kappa shape index (κ1) is 19.0. The van der Waals surface area contributed by atoms with Gasteiger partial charge < -0.3 is 4.90 Å². The fourth-order valence-corrected chi connectivity index (χ4v) is 3.45. The molecule has 8 heteroatoms. The molecule has 2 rings (SSSR count). The highest BCUT2D eigenvalue weighted by Gasteiger charge is 2.22. The van der Waals surface area contributed by atoms with Crippen LogP contribution in [0, 0.1) is 22.7 Å². The lowest BCUT2D eigenvalue weighted by atomic mass is 10.2. The standard InChI is InChI=1S/C18H16N4O3S/c1-21(16-5-3-2-4-6-16)26(24,25)17-9-7-15(8-10-17)18(23)22(13-11-19)14-12-20/h2-10H,13-14H2,1H3. The van der Waals surface area contributed by atoms with Gasteiger partial charge in [-0.1, -0.05) is 18.2 Å². The lowest BCUT2D eigenvalue weighted by Crippen LogP contribution is -2.32. The van der Waals surface area contributed by atoms with E-state index in [0.717, 1.165) is 9.21 Å². The average Bonchev–Trinajstić information content (AvgIpc) is 2.67. The van der Waals surface area contributed by atoms with E-state index in [4.69, 9.17) is 10.5 Å². The summed E-state index contributed by atoms with van der Waals surface area (Å²) in [5.41, 5.74) is 0.721. The van der Waals surface area contributed by atoms with Gasteiger partial charge in [-0.25, -0.2) is 8.42 Å². The highest BCUT2D eigenvalue weighted by molar-refractivity contribution is 7.92. The summed E-state index contributed by atoms with van der Waals surface area (Å²) >= 11 is 0. The van der Waals surface area contributed by atoms with Crippen molar-refractivity contribution in [3.63, 3.8) is 0 Å². The Kier molecular flexibility index (Phi) is 5.94. The Morgan fingerprint density at radius 3 is 2.00 bits per heavy atom. The van der Waals surface area contributed by atoms with Crippen molar-refractivity contribution in [1.29, 1.82) is 10.5 Å². The van der Waals surface area contributed by atoms with Gasteiger partial charge in [0.2, 0.25) is 0 Å². The molecule has 1 amide bonds. The number of amides is 1. The molecule has 0 bridgehead atoms. The fourth-order valence-electron chi connectivity index (χ4n) is 2.26. The third kappa shape index (κ3) is 4.00. The molecule has 132 valence electrons. The van der Waals surface area contributed by atoms with E-state index in [1.807, 2.05) is 12.1 Å². The van der Waals surface area contributed by atoms with Crippen molar-refractivity contribution in [2.45, 2.75) is 4.90 Å². The summed E-state index contributed by atoms with van der Waals surface area (Å²) in [5.74, 6) is -0.506. The number of carbonyl (C=O) groups is 1. The largest absolute Gasteiger partial charge is 0.312 e. The second-order valence-electron chi connectivity index (χ2n) is 5.31. The maximum atomic E-state index is 12.7. The predicted octanol–water partition coefficient (Wildman–Crippen LogP) is 2.00. The Morgan fingerprint density at radius 1 is 0.962 bits per heavy atom. The van der Waals surface area contributed by atoms with E-state index in [1.54, 1.807) is 30.3 Å². The van der Waals surface area contributed by atoms with Crippen LogP contribution in [0.15, 0.2) is 59.5 Å². The minimum absolute atomic E-state index is 0.0347. The second-order valence-corrected chi connectivity index (χ2v) is 7.28. The van der Waals surface area contributed by atoms with Crippen LogP contribution >= 0.6 is 0 Å². The summed E-state index contributed by atoms with van der Waals surface area (Å²) in [6.45, 7) is -0.438. The van der Waals surface area contributed by atoms with Crippen molar-refractivity contribution in [2.75, 3.05) is 24.4 Å². The van der Waals surface area contributed by atoms with Crippen molar-refractivity contribution >= 4 is 21.6 Å². The molecule has 0 saturated carbocycles. The van der Waals surface area contributed by atoms with E-state index < -0.39 is 15.9 Å². The van der Waals surface area contributed by atoms with Crippen LogP contribution in [0.2, 0.25) is 0 Å². The van der Waals surface area contributed by atoms with Gasteiger partial charge in [-0.2, -0.15) is 10.5 Å². The smallest absolute Gasteiger partial charge is 0.264 e. The molecule has 0 saturated heterocycles. The summed E-state index contributed by atoms with van der Waals surface area (Å²) in [5, 5.41) is 17.5. The first-order valence-corrected chi connectivity index (χ1v) is 9.03. The number of para-hydroxylation sites is 1. The van der Waals surface area contributed by atoms with E-state index in [-0.39, 0.29) is 23.5 Å². The van der Waals surface area contributed by atoms with Gasteiger partial charge in [0.1, 0.15) is 13.1 Å². The number of hydrogen-bond acceptors (Lipinski definition) is 5. The molecule has 0 aliphatic rings. The molecule has 0 aromatic heterocycles. The lowest BCUT2D eigenvalue weighted by Gasteiger charge is -2.20. The van der Waals surface area contributed by atoms with E-state index in [9.17, 15) is 13.2 Å². The molecule has 26 heavy (non-hydrogen) atoms. The third-order valence-corrected chi connectivity index (χ3v) is 5.49. The van der Waals surface area contributed by atoms with Gasteiger partial charge in [-0.15, -0.1) is 0 Å². The maximum absolute atomic E-state index is 12.7. The molecule has 0 heterocycles. The topological polar surface area (TPSA) is 105 Å². The molecular formula is C18H16N4O3S. The molecule has 2 aromatic carbocycles. The number of benzene rings is 2. The summed E-state index contributed by atoms with van der Waals surface area (Å²) in [4.78, 5) is 13.4. The van der Waals surface area contributed by atoms with Crippen LogP contribution in [0.1, 0.15) is 10.4 Å². The van der Waals surface area contributed by atoms with Gasteiger partial charge in [-0.3, -0.25) is 9.10 Å². The fraction of sp³-hybridized carbons (Fsp3) is 0.167. The molecule has 0 aliphatic heterocycles. The van der Waals surface area contributed by atoms with E-state index in [0.29, 0.717) is 5.69 Å². The lowest BCUT2D eigenvalue weighted by molar-refractivity contribution is 0.0794. The molecule has 0 aliphatic carbocycles. The number of sulfonamides is 1. The molecule has 0 atom stereocenters. The zero-order valence-electron chi connectivity index (χ0n) is 14.0. The Morgan fingerprint density at radius 2 is 1.50 bits per heavy atom. The van der Waals surface area contributed by atoms with Crippen LogP contribution in [-0.4, -0.2) is 39.4 Å². The van der Waals surface area contributed by atoms with Crippen molar-refractivity contribution in [3.05, 3.63) is 60.2 Å². The molecule has 7 nitrogen and oxygen atoms in total. The minimum Gasteiger partial charge on any atom is -0.312 e. The molecule has 0 fully saturated rings. The molecule has 0 unspecified atom stereocenters. The number of nitriles is 2. The van der Waals surface area contributed by atoms with Crippen LogP contribution in [0.3, 0.4) is 0 Å². The molecule has 0 N–H and O–H groups in total. The third-order valence-electron chi connectivity index (χ3n) is 3.69.